The zero-order valence-electron chi connectivity index (χ0n) is 16.4. The number of para-hydroxylation sites is 1. The maximum absolute atomic E-state index is 12.2. The monoisotopic (exact) mass is 396 g/mol. The van der Waals surface area contributed by atoms with Crippen LogP contribution < -0.4 is 15.4 Å². The molecule has 2 N–H and O–H groups in total. The molecule has 3 rings (SSSR count). The van der Waals surface area contributed by atoms with E-state index in [0.29, 0.717) is 22.7 Å². The summed E-state index contributed by atoms with van der Waals surface area (Å²) in [5, 5.41) is 14.8. The van der Waals surface area contributed by atoms with E-state index in [1.165, 1.54) is 11.3 Å². The number of nitrogens with zero attached hydrogens (tertiary/aromatic N) is 2. The molecule has 0 saturated heterocycles. The van der Waals surface area contributed by atoms with Gasteiger partial charge in [-0.1, -0.05) is 55.5 Å². The van der Waals surface area contributed by atoms with Crippen molar-refractivity contribution in [3.63, 3.8) is 0 Å². The van der Waals surface area contributed by atoms with Crippen molar-refractivity contribution in [1.82, 2.24) is 10.2 Å². The van der Waals surface area contributed by atoms with Crippen LogP contribution in [0, 0.1) is 13.8 Å². The van der Waals surface area contributed by atoms with Crippen molar-refractivity contribution in [3.05, 3.63) is 64.2 Å². The fourth-order valence-corrected chi connectivity index (χ4v) is 3.36. The fraction of sp³-hybridized carbons (Fsp3) is 0.286. The van der Waals surface area contributed by atoms with Crippen LogP contribution in [0.4, 0.5) is 15.6 Å². The predicted octanol–water partition coefficient (Wildman–Crippen LogP) is 5.50. The van der Waals surface area contributed by atoms with Gasteiger partial charge in [-0.25, -0.2) is 4.79 Å². The van der Waals surface area contributed by atoms with Gasteiger partial charge in [0.25, 0.3) is 0 Å². The lowest BCUT2D eigenvalue weighted by atomic mass is 10.0. The molecule has 1 aromatic heterocycles. The van der Waals surface area contributed by atoms with Gasteiger partial charge in [0, 0.05) is 5.69 Å². The first-order valence-corrected chi connectivity index (χ1v) is 9.93. The summed E-state index contributed by atoms with van der Waals surface area (Å²) in [6.07, 6.45) is 0. The van der Waals surface area contributed by atoms with Gasteiger partial charge < -0.3 is 10.1 Å². The van der Waals surface area contributed by atoms with Crippen molar-refractivity contribution >= 4 is 28.2 Å². The van der Waals surface area contributed by atoms with Crippen molar-refractivity contribution < 1.29 is 9.53 Å². The zero-order valence-corrected chi connectivity index (χ0v) is 17.3. The number of aryl methyl sites for hydroxylation is 2. The van der Waals surface area contributed by atoms with Gasteiger partial charge in [-0.2, -0.15) is 0 Å². The lowest BCUT2D eigenvalue weighted by Gasteiger charge is -2.13. The number of benzene rings is 2. The van der Waals surface area contributed by atoms with Crippen LogP contribution >= 0.6 is 11.3 Å². The summed E-state index contributed by atoms with van der Waals surface area (Å²) < 4.78 is 5.97. The first kappa shape index (κ1) is 19.8. The number of nitrogens with one attached hydrogen (secondary N) is 2. The van der Waals surface area contributed by atoms with Gasteiger partial charge in [0.1, 0.15) is 12.4 Å². The maximum Gasteiger partial charge on any atom is 0.325 e. The van der Waals surface area contributed by atoms with Gasteiger partial charge in [-0.15, -0.1) is 10.2 Å². The number of anilines is 2. The molecule has 0 aliphatic rings. The lowest BCUT2D eigenvalue weighted by molar-refractivity contribution is 0.262. The summed E-state index contributed by atoms with van der Waals surface area (Å²) in [6.45, 7) is 8.56. The average Bonchev–Trinajstić information content (AvgIpc) is 3.09. The van der Waals surface area contributed by atoms with Crippen LogP contribution in [0.25, 0.3) is 0 Å². The van der Waals surface area contributed by atoms with E-state index >= 15 is 0 Å². The SMILES string of the molecule is Cc1ccc(C(C)C)c(OCc2nnc(NC(=O)Nc3ccccc3C)s2)c1. The Labute approximate surface area is 169 Å². The molecule has 0 atom stereocenters. The molecule has 0 saturated carbocycles. The minimum Gasteiger partial charge on any atom is -0.486 e. The minimum absolute atomic E-state index is 0.307. The van der Waals surface area contributed by atoms with E-state index in [1.54, 1.807) is 0 Å². The van der Waals surface area contributed by atoms with Gasteiger partial charge in [0.05, 0.1) is 0 Å². The highest BCUT2D eigenvalue weighted by Gasteiger charge is 2.12. The number of aromatic nitrogens is 2. The number of rotatable bonds is 6. The molecule has 0 unspecified atom stereocenters. The van der Waals surface area contributed by atoms with Crippen molar-refractivity contribution in [2.24, 2.45) is 0 Å². The number of urea groups is 1. The Morgan fingerprint density at radius 1 is 1.11 bits per heavy atom. The van der Waals surface area contributed by atoms with E-state index in [4.69, 9.17) is 4.74 Å². The Hall–Kier alpha value is -2.93. The molecular formula is C21H24N4O2S. The van der Waals surface area contributed by atoms with E-state index in [1.807, 2.05) is 44.2 Å². The van der Waals surface area contributed by atoms with Gasteiger partial charge in [0.15, 0.2) is 5.01 Å². The van der Waals surface area contributed by atoms with E-state index < -0.39 is 0 Å². The number of ether oxygens (including phenoxy) is 1. The largest absolute Gasteiger partial charge is 0.486 e. The molecule has 0 aliphatic heterocycles. The number of amides is 2. The van der Waals surface area contributed by atoms with Crippen LogP contribution in [0.2, 0.25) is 0 Å². The Morgan fingerprint density at radius 3 is 2.64 bits per heavy atom. The summed E-state index contributed by atoms with van der Waals surface area (Å²) in [6, 6.07) is 13.5. The number of carbonyl (C=O) groups is 1. The second-order valence-corrected chi connectivity index (χ2v) is 7.94. The van der Waals surface area contributed by atoms with E-state index in [-0.39, 0.29) is 6.03 Å². The second-order valence-electron chi connectivity index (χ2n) is 6.88. The van der Waals surface area contributed by atoms with Crippen LogP contribution in [0.1, 0.15) is 41.5 Å². The maximum atomic E-state index is 12.2. The molecule has 146 valence electrons. The van der Waals surface area contributed by atoms with Crippen molar-refractivity contribution in [3.8, 4) is 5.75 Å². The molecule has 0 radical (unpaired) electrons. The predicted molar refractivity (Wildman–Crippen MR) is 113 cm³/mol. The molecule has 3 aromatic rings. The molecule has 2 aromatic carbocycles. The van der Waals surface area contributed by atoms with Gasteiger partial charge in [-0.3, -0.25) is 5.32 Å². The Balaban J connectivity index is 1.60. The standard InChI is InChI=1S/C21H24N4O2S/c1-13(2)16-10-9-14(3)11-18(16)27-12-19-24-25-21(28-19)23-20(26)22-17-8-6-5-7-15(17)4/h5-11,13H,12H2,1-4H3,(H2,22,23,25,26). The molecule has 28 heavy (non-hydrogen) atoms. The molecule has 0 fully saturated rings. The molecule has 2 amide bonds. The third-order valence-corrected chi connectivity index (χ3v) is 5.03. The van der Waals surface area contributed by atoms with Crippen LogP contribution in [0.5, 0.6) is 5.75 Å². The number of hydrogen-bond acceptors (Lipinski definition) is 5. The van der Waals surface area contributed by atoms with Crippen molar-refractivity contribution in [2.75, 3.05) is 10.6 Å². The Bertz CT molecular complexity index is 969. The summed E-state index contributed by atoms with van der Waals surface area (Å²) in [5.74, 6) is 1.23. The second kappa shape index (κ2) is 8.84. The Kier molecular flexibility index (Phi) is 6.26. The summed E-state index contributed by atoms with van der Waals surface area (Å²) >= 11 is 1.29. The van der Waals surface area contributed by atoms with E-state index in [2.05, 4.69) is 46.8 Å². The van der Waals surface area contributed by atoms with E-state index in [0.717, 1.165) is 28.1 Å². The third kappa shape index (κ3) is 5.07. The Morgan fingerprint density at radius 2 is 1.89 bits per heavy atom. The minimum atomic E-state index is -0.348. The fourth-order valence-electron chi connectivity index (χ4n) is 2.71. The first-order valence-electron chi connectivity index (χ1n) is 9.11. The van der Waals surface area contributed by atoms with Crippen LogP contribution in [0.15, 0.2) is 42.5 Å². The average molecular weight is 397 g/mol. The highest BCUT2D eigenvalue weighted by atomic mass is 32.1. The zero-order chi connectivity index (χ0) is 20.1. The third-order valence-electron chi connectivity index (χ3n) is 4.22. The number of carbonyl (C=O) groups excluding carboxylic acids is 1. The summed E-state index contributed by atoms with van der Waals surface area (Å²) in [7, 11) is 0. The molecule has 0 bridgehead atoms. The van der Waals surface area contributed by atoms with Crippen molar-refractivity contribution in [2.45, 2.75) is 40.2 Å². The molecule has 0 aliphatic carbocycles. The van der Waals surface area contributed by atoms with Crippen LogP contribution in [-0.4, -0.2) is 16.2 Å². The number of hydrogen-bond donors (Lipinski definition) is 2. The quantitative estimate of drug-likeness (QED) is 0.577. The van der Waals surface area contributed by atoms with Gasteiger partial charge >= 0.3 is 6.03 Å². The molecule has 6 nitrogen and oxygen atoms in total. The van der Waals surface area contributed by atoms with Crippen LogP contribution in [0.3, 0.4) is 0 Å². The molecular weight excluding hydrogens is 372 g/mol. The normalized spacial score (nSPS) is 10.8. The van der Waals surface area contributed by atoms with Gasteiger partial charge in [0.2, 0.25) is 5.13 Å². The molecule has 7 heteroatoms. The van der Waals surface area contributed by atoms with Crippen molar-refractivity contribution in [1.29, 1.82) is 0 Å². The molecule has 0 spiro atoms. The highest BCUT2D eigenvalue weighted by Crippen LogP contribution is 2.28. The van der Waals surface area contributed by atoms with Gasteiger partial charge in [-0.05, 0) is 48.6 Å². The summed E-state index contributed by atoms with van der Waals surface area (Å²) in [4.78, 5) is 12.2. The van der Waals surface area contributed by atoms with E-state index in [9.17, 15) is 4.79 Å². The molecule has 1 heterocycles. The highest BCUT2D eigenvalue weighted by molar-refractivity contribution is 7.15. The lowest BCUT2D eigenvalue weighted by Crippen LogP contribution is -2.19. The first-order chi connectivity index (χ1) is 13.4. The topological polar surface area (TPSA) is 76.1 Å². The van der Waals surface area contributed by atoms with Crippen LogP contribution in [-0.2, 0) is 6.61 Å². The smallest absolute Gasteiger partial charge is 0.325 e. The summed E-state index contributed by atoms with van der Waals surface area (Å²) in [5.41, 5.74) is 4.05.